The van der Waals surface area contributed by atoms with E-state index in [1.165, 1.54) is 5.39 Å². The summed E-state index contributed by atoms with van der Waals surface area (Å²) < 4.78 is 11.3. The van der Waals surface area contributed by atoms with E-state index >= 15 is 0 Å². The van der Waals surface area contributed by atoms with Crippen molar-refractivity contribution in [2.75, 3.05) is 0 Å². The molecule has 4 heterocycles. The van der Waals surface area contributed by atoms with Crippen molar-refractivity contribution in [3.8, 4) is 51.6 Å². The molecule has 0 saturated carbocycles. The van der Waals surface area contributed by atoms with E-state index in [0.717, 1.165) is 88.2 Å². The van der Waals surface area contributed by atoms with Gasteiger partial charge in [0.1, 0.15) is 17.2 Å². The molecule has 0 N–H and O–H groups in total. The van der Waals surface area contributed by atoms with Crippen LogP contribution in [-0.4, -0.2) is 24.1 Å². The summed E-state index contributed by atoms with van der Waals surface area (Å²) in [5, 5.41) is 17.4. The van der Waals surface area contributed by atoms with E-state index < -0.39 is 0 Å². The Morgan fingerprint density at radius 2 is 1.00 bits per heavy atom. The zero-order valence-corrected chi connectivity index (χ0v) is 31.4. The van der Waals surface area contributed by atoms with E-state index in [-0.39, 0.29) is 0 Å². The average Bonchev–Trinajstić information content (AvgIpc) is 3.95. The van der Waals surface area contributed by atoms with Gasteiger partial charge in [0.05, 0.1) is 38.7 Å². The van der Waals surface area contributed by atoms with Gasteiger partial charge in [-0.15, -0.1) is 0 Å². The first kappa shape index (κ1) is 32.9. The fraction of sp³-hybridized carbons (Fsp3) is 0. The predicted octanol–water partition coefficient (Wildman–Crippen LogP) is 12.8. The molecule has 0 aliphatic carbocycles. The molecule has 7 nitrogen and oxygen atoms in total. The highest BCUT2D eigenvalue weighted by Gasteiger charge is 2.23. The van der Waals surface area contributed by atoms with Crippen LogP contribution in [0.15, 0.2) is 186 Å². The summed E-state index contributed by atoms with van der Waals surface area (Å²) in [6.45, 7) is 0. The van der Waals surface area contributed by atoms with Crippen molar-refractivity contribution >= 4 is 65.6 Å². The highest BCUT2D eigenvalue weighted by atomic mass is 16.3. The van der Waals surface area contributed by atoms with E-state index in [2.05, 4.69) is 106 Å². The van der Waals surface area contributed by atoms with Gasteiger partial charge >= 0.3 is 0 Å². The molecule has 59 heavy (non-hydrogen) atoms. The van der Waals surface area contributed by atoms with Crippen molar-refractivity contribution < 1.29 is 4.42 Å². The molecule has 0 amide bonds. The summed E-state index contributed by atoms with van der Waals surface area (Å²) in [5.41, 5.74) is 10.7. The van der Waals surface area contributed by atoms with Crippen LogP contribution in [0.25, 0.3) is 111 Å². The Kier molecular flexibility index (Phi) is 7.16. The van der Waals surface area contributed by atoms with E-state index in [4.69, 9.17) is 19.4 Å². The van der Waals surface area contributed by atoms with Crippen LogP contribution in [0.3, 0.4) is 0 Å². The maximum Gasteiger partial charge on any atom is 0.164 e. The van der Waals surface area contributed by atoms with Crippen molar-refractivity contribution in [3.05, 3.63) is 188 Å². The number of fused-ring (bicyclic) bond motifs is 10. The third-order valence-electron chi connectivity index (χ3n) is 11.4. The van der Waals surface area contributed by atoms with Crippen molar-refractivity contribution in [1.82, 2.24) is 24.1 Å². The van der Waals surface area contributed by atoms with E-state index in [1.54, 1.807) is 0 Å². The Labute approximate surface area is 337 Å². The van der Waals surface area contributed by atoms with Gasteiger partial charge in [-0.25, -0.2) is 15.0 Å². The van der Waals surface area contributed by atoms with Crippen LogP contribution in [0.2, 0.25) is 0 Å². The fourth-order valence-electron chi connectivity index (χ4n) is 8.78. The van der Waals surface area contributed by atoms with Gasteiger partial charge in [-0.1, -0.05) is 115 Å². The molecule has 0 aliphatic heterocycles. The quantitative estimate of drug-likeness (QED) is 0.175. The Balaban J connectivity index is 1.10. The zero-order chi connectivity index (χ0) is 39.0. The van der Waals surface area contributed by atoms with Crippen LogP contribution >= 0.6 is 0 Å². The van der Waals surface area contributed by atoms with E-state index in [0.29, 0.717) is 23.0 Å². The van der Waals surface area contributed by atoms with Crippen molar-refractivity contribution in [3.63, 3.8) is 0 Å². The monoisotopic (exact) mass is 754 g/mol. The molecule has 8 aromatic carbocycles. The highest BCUT2D eigenvalue weighted by Crippen LogP contribution is 2.44. The molecule has 0 saturated heterocycles. The summed E-state index contributed by atoms with van der Waals surface area (Å²) >= 11 is 0. The number of hydrogen-bond donors (Lipinski definition) is 0. The molecule has 0 aliphatic rings. The van der Waals surface area contributed by atoms with Crippen LogP contribution in [-0.2, 0) is 0 Å². The average molecular weight is 755 g/mol. The molecule has 0 radical (unpaired) electrons. The van der Waals surface area contributed by atoms with Gasteiger partial charge in [0, 0.05) is 49.3 Å². The fourth-order valence-corrected chi connectivity index (χ4v) is 8.78. The minimum absolute atomic E-state index is 0.493. The molecule has 0 bridgehead atoms. The molecule has 12 rings (SSSR count). The molecule has 0 unspecified atom stereocenters. The normalized spacial score (nSPS) is 11.7. The van der Waals surface area contributed by atoms with Gasteiger partial charge in [0.25, 0.3) is 0 Å². The Bertz CT molecular complexity index is 3610. The largest absolute Gasteiger partial charge is 0.456 e. The molecule has 0 spiro atoms. The van der Waals surface area contributed by atoms with Crippen LogP contribution < -0.4 is 0 Å². The van der Waals surface area contributed by atoms with Gasteiger partial charge in [0.15, 0.2) is 17.5 Å². The van der Waals surface area contributed by atoms with Gasteiger partial charge in [-0.2, -0.15) is 5.26 Å². The summed E-state index contributed by atoms with van der Waals surface area (Å²) in [4.78, 5) is 14.7. The second-order valence-corrected chi connectivity index (χ2v) is 14.7. The molecule has 12 aromatic rings. The third-order valence-corrected chi connectivity index (χ3v) is 11.4. The first-order chi connectivity index (χ1) is 29.2. The standard InChI is InChI=1S/C52H30N6O/c53-31-35-28-34(52-55-50(32-14-4-1-5-15-32)54-51(56-52)33-16-6-2-7-17-33)24-26-42(35)58-44-23-13-11-21-38(44)40-30-47-41(29-45(40)58)48-46(59-47)27-25-39-37-20-10-12-22-43(37)57(49(39)48)36-18-8-3-9-19-36/h1-30H. The third kappa shape index (κ3) is 5.04. The number of nitrogens with zero attached hydrogens (tertiary/aromatic N) is 6. The maximum absolute atomic E-state index is 10.9. The van der Waals surface area contributed by atoms with Crippen molar-refractivity contribution in [2.24, 2.45) is 0 Å². The molecule has 7 heteroatoms. The van der Waals surface area contributed by atoms with Gasteiger partial charge in [-0.3, -0.25) is 0 Å². The molecular formula is C52H30N6O. The molecular weight excluding hydrogens is 725 g/mol. The number of furan rings is 1. The van der Waals surface area contributed by atoms with Gasteiger partial charge < -0.3 is 13.6 Å². The molecule has 0 atom stereocenters. The SMILES string of the molecule is N#Cc1cc(-c2nc(-c3ccccc3)nc(-c3ccccc3)n2)ccc1-n1c2ccccc2c2cc3oc4ccc5c6ccccc6n(-c6ccccc6)c5c4c3cc21. The van der Waals surface area contributed by atoms with E-state index in [1.807, 2.05) is 91.0 Å². The number of nitriles is 1. The minimum Gasteiger partial charge on any atom is -0.456 e. The molecule has 274 valence electrons. The smallest absolute Gasteiger partial charge is 0.164 e. The lowest BCUT2D eigenvalue weighted by atomic mass is 10.1. The second-order valence-electron chi connectivity index (χ2n) is 14.7. The number of para-hydroxylation sites is 3. The number of benzene rings is 8. The van der Waals surface area contributed by atoms with Crippen molar-refractivity contribution in [2.45, 2.75) is 0 Å². The summed E-state index contributed by atoms with van der Waals surface area (Å²) in [6.07, 6.45) is 0. The Morgan fingerprint density at radius 1 is 0.424 bits per heavy atom. The highest BCUT2D eigenvalue weighted by molar-refractivity contribution is 6.26. The lowest BCUT2D eigenvalue weighted by Gasteiger charge is -2.12. The Hall–Kier alpha value is -8.34. The van der Waals surface area contributed by atoms with E-state index in [9.17, 15) is 5.26 Å². The summed E-state index contributed by atoms with van der Waals surface area (Å²) in [7, 11) is 0. The molecule has 4 aromatic heterocycles. The van der Waals surface area contributed by atoms with Crippen LogP contribution in [0.5, 0.6) is 0 Å². The second kappa shape index (κ2) is 12.8. The Morgan fingerprint density at radius 3 is 1.66 bits per heavy atom. The summed E-state index contributed by atoms with van der Waals surface area (Å²) in [5.74, 6) is 1.62. The number of aromatic nitrogens is 5. The summed E-state index contributed by atoms with van der Waals surface area (Å²) in [6, 6.07) is 64.3. The maximum atomic E-state index is 10.9. The number of rotatable bonds is 5. The first-order valence-corrected chi connectivity index (χ1v) is 19.5. The minimum atomic E-state index is 0.493. The lowest BCUT2D eigenvalue weighted by Crippen LogP contribution is -2.02. The van der Waals surface area contributed by atoms with Crippen LogP contribution in [0.1, 0.15) is 5.56 Å². The first-order valence-electron chi connectivity index (χ1n) is 19.5. The molecule has 0 fully saturated rings. The van der Waals surface area contributed by atoms with Crippen LogP contribution in [0, 0.1) is 11.3 Å². The van der Waals surface area contributed by atoms with Crippen molar-refractivity contribution in [1.29, 1.82) is 5.26 Å². The zero-order valence-electron chi connectivity index (χ0n) is 31.4. The van der Waals surface area contributed by atoms with Gasteiger partial charge in [0.2, 0.25) is 0 Å². The van der Waals surface area contributed by atoms with Gasteiger partial charge in [-0.05, 0) is 66.7 Å². The van der Waals surface area contributed by atoms with Crippen LogP contribution in [0.4, 0.5) is 0 Å². The number of hydrogen-bond acceptors (Lipinski definition) is 5. The lowest BCUT2D eigenvalue weighted by molar-refractivity contribution is 0.669. The predicted molar refractivity (Wildman–Crippen MR) is 237 cm³/mol. The topological polar surface area (TPSA) is 85.5 Å².